The first-order valence-electron chi connectivity index (χ1n) is 9.08. The number of rotatable bonds is 9. The Morgan fingerprint density at radius 1 is 1.00 bits per heavy atom. The molecule has 0 aliphatic heterocycles. The second-order valence-electron chi connectivity index (χ2n) is 6.94. The Kier molecular flexibility index (Phi) is 7.54. The molecule has 0 bridgehead atoms. The summed E-state index contributed by atoms with van der Waals surface area (Å²) in [6.07, 6.45) is -1.46. The zero-order valence-electron chi connectivity index (χ0n) is 16.5. The molecule has 0 fully saturated rings. The van der Waals surface area contributed by atoms with Crippen molar-refractivity contribution in [2.24, 2.45) is 0 Å². The van der Waals surface area contributed by atoms with Gasteiger partial charge < -0.3 is 19.3 Å². The average Bonchev–Trinajstić information content (AvgIpc) is 2.62. The normalized spacial score (nSPS) is 13.3. The third kappa shape index (κ3) is 6.04. The van der Waals surface area contributed by atoms with E-state index in [1.807, 2.05) is 48.5 Å². The Labute approximate surface area is 171 Å². The minimum atomic E-state index is -0.845. The van der Waals surface area contributed by atoms with Gasteiger partial charge in [-0.3, -0.25) is 4.79 Å². The summed E-state index contributed by atoms with van der Waals surface area (Å²) in [6.45, 7) is 7.49. The molecule has 0 heterocycles. The van der Waals surface area contributed by atoms with Gasteiger partial charge in [-0.2, -0.15) is 0 Å². The standard InChI is InChI=1S/C22H26O5S/c1-15(23)25-19-9-5-17(6-10-19)22(3,4)18-7-11-20(12-8-18)26-16(2)27-21(24)13-14-28/h5-12,14-16,23H,13H2,1-4H3. The fourth-order valence-corrected chi connectivity index (χ4v) is 2.92. The molecule has 1 N–H and O–H groups in total. The van der Waals surface area contributed by atoms with Crippen LogP contribution >= 0.6 is 12.2 Å². The van der Waals surface area contributed by atoms with Gasteiger partial charge in [0.05, 0.1) is 6.42 Å². The van der Waals surface area contributed by atoms with E-state index in [-0.39, 0.29) is 11.8 Å². The van der Waals surface area contributed by atoms with Crippen molar-refractivity contribution in [2.45, 2.75) is 52.1 Å². The molecule has 0 aromatic heterocycles. The van der Waals surface area contributed by atoms with Crippen LogP contribution in [0.1, 0.15) is 45.2 Å². The molecule has 0 radical (unpaired) electrons. The molecule has 0 spiro atoms. The summed E-state index contributed by atoms with van der Waals surface area (Å²) in [7, 11) is 0. The lowest BCUT2D eigenvalue weighted by molar-refractivity contribution is -0.159. The van der Waals surface area contributed by atoms with Crippen LogP contribution in [0.15, 0.2) is 48.5 Å². The summed E-state index contributed by atoms with van der Waals surface area (Å²) in [5.74, 6) is 0.821. The molecule has 6 heteroatoms. The quantitative estimate of drug-likeness (QED) is 0.381. The molecule has 0 saturated carbocycles. The molecule has 2 aromatic carbocycles. The molecule has 0 aliphatic rings. The second kappa shape index (κ2) is 9.66. The predicted molar refractivity (Wildman–Crippen MR) is 112 cm³/mol. The maximum atomic E-state index is 11.4. The zero-order chi connectivity index (χ0) is 20.7. The number of esters is 1. The maximum Gasteiger partial charge on any atom is 0.313 e. The van der Waals surface area contributed by atoms with Crippen molar-refractivity contribution < 1.29 is 24.1 Å². The third-order valence-electron chi connectivity index (χ3n) is 4.31. The van der Waals surface area contributed by atoms with Gasteiger partial charge in [0.25, 0.3) is 0 Å². The SMILES string of the molecule is CC(O)Oc1ccc(C(C)(C)c2ccc(OC(C)OC(=O)CC=S)cc2)cc1. The van der Waals surface area contributed by atoms with Crippen LogP contribution in [-0.2, 0) is 14.9 Å². The van der Waals surface area contributed by atoms with Crippen LogP contribution in [0.4, 0.5) is 0 Å². The van der Waals surface area contributed by atoms with E-state index in [2.05, 4.69) is 26.1 Å². The van der Waals surface area contributed by atoms with Crippen LogP contribution in [0.5, 0.6) is 11.5 Å². The number of hydrogen-bond acceptors (Lipinski definition) is 6. The molecular formula is C22H26O5S. The van der Waals surface area contributed by atoms with Gasteiger partial charge in [-0.1, -0.05) is 50.3 Å². The number of hydrogen-bond donors (Lipinski definition) is 1. The Morgan fingerprint density at radius 3 is 1.89 bits per heavy atom. The summed E-state index contributed by atoms with van der Waals surface area (Å²) < 4.78 is 16.0. The molecule has 2 atom stereocenters. The fraction of sp³-hybridized carbons (Fsp3) is 0.364. The van der Waals surface area contributed by atoms with Crippen LogP contribution in [0.25, 0.3) is 0 Å². The van der Waals surface area contributed by atoms with Crippen LogP contribution in [-0.4, -0.2) is 29.0 Å². The highest BCUT2D eigenvalue weighted by Gasteiger charge is 2.23. The van der Waals surface area contributed by atoms with Crippen LogP contribution < -0.4 is 9.47 Å². The number of aliphatic hydroxyl groups is 1. The number of thiocarbonyl (C=S) groups is 1. The molecular weight excluding hydrogens is 376 g/mol. The molecule has 2 unspecified atom stereocenters. The minimum Gasteiger partial charge on any atom is -0.465 e. The van der Waals surface area contributed by atoms with Crippen LogP contribution in [0.2, 0.25) is 0 Å². The van der Waals surface area contributed by atoms with Crippen molar-refractivity contribution in [3.8, 4) is 11.5 Å². The van der Waals surface area contributed by atoms with Gasteiger partial charge in [-0.05, 0) is 47.7 Å². The van der Waals surface area contributed by atoms with Gasteiger partial charge in [0.2, 0.25) is 6.29 Å². The van der Waals surface area contributed by atoms with E-state index in [1.165, 1.54) is 5.37 Å². The third-order valence-corrected chi connectivity index (χ3v) is 4.47. The van der Waals surface area contributed by atoms with E-state index in [0.717, 1.165) is 11.1 Å². The lowest BCUT2D eigenvalue weighted by Gasteiger charge is -2.27. The second-order valence-corrected chi connectivity index (χ2v) is 7.27. The van der Waals surface area contributed by atoms with E-state index < -0.39 is 18.5 Å². The largest absolute Gasteiger partial charge is 0.465 e. The van der Waals surface area contributed by atoms with Gasteiger partial charge in [0.15, 0.2) is 6.29 Å². The van der Waals surface area contributed by atoms with Crippen LogP contribution in [0.3, 0.4) is 0 Å². The topological polar surface area (TPSA) is 65.0 Å². The number of carbonyl (C=O) groups excluding carboxylic acids is 1. The first kappa shape index (κ1) is 21.9. The van der Waals surface area contributed by atoms with Crippen LogP contribution in [0, 0.1) is 0 Å². The van der Waals surface area contributed by atoms with Gasteiger partial charge in [0, 0.05) is 12.3 Å². The zero-order valence-corrected chi connectivity index (χ0v) is 17.4. The lowest BCUT2D eigenvalue weighted by atomic mass is 9.78. The maximum absolute atomic E-state index is 11.4. The molecule has 0 amide bonds. The number of benzene rings is 2. The molecule has 28 heavy (non-hydrogen) atoms. The molecule has 2 rings (SSSR count). The minimum absolute atomic E-state index is 0.0806. The Hall–Kier alpha value is -2.44. The van der Waals surface area contributed by atoms with Gasteiger partial charge in [0.1, 0.15) is 11.5 Å². The van der Waals surface area contributed by atoms with E-state index in [0.29, 0.717) is 11.5 Å². The molecule has 5 nitrogen and oxygen atoms in total. The smallest absolute Gasteiger partial charge is 0.313 e. The first-order valence-corrected chi connectivity index (χ1v) is 9.55. The van der Waals surface area contributed by atoms with E-state index in [9.17, 15) is 9.90 Å². The first-order chi connectivity index (χ1) is 13.2. The predicted octanol–water partition coefficient (Wildman–Crippen LogP) is 4.39. The van der Waals surface area contributed by atoms with E-state index in [4.69, 9.17) is 14.2 Å². The van der Waals surface area contributed by atoms with Crippen molar-refractivity contribution in [3.63, 3.8) is 0 Å². The lowest BCUT2D eigenvalue weighted by Crippen LogP contribution is -2.21. The van der Waals surface area contributed by atoms with E-state index in [1.54, 1.807) is 13.8 Å². The highest BCUT2D eigenvalue weighted by Crippen LogP contribution is 2.33. The molecule has 0 saturated heterocycles. The molecule has 0 aliphatic carbocycles. The van der Waals surface area contributed by atoms with Crippen molar-refractivity contribution in [1.29, 1.82) is 0 Å². The van der Waals surface area contributed by atoms with Crippen molar-refractivity contribution in [3.05, 3.63) is 59.7 Å². The van der Waals surface area contributed by atoms with Crippen molar-refractivity contribution >= 4 is 23.6 Å². The summed E-state index contributed by atoms with van der Waals surface area (Å²) in [5.41, 5.74) is 1.98. The van der Waals surface area contributed by atoms with Gasteiger partial charge in [-0.15, -0.1) is 0 Å². The van der Waals surface area contributed by atoms with E-state index >= 15 is 0 Å². The van der Waals surface area contributed by atoms with Crippen molar-refractivity contribution in [1.82, 2.24) is 0 Å². The molecule has 2 aromatic rings. The number of carbonyl (C=O) groups is 1. The molecule has 150 valence electrons. The summed E-state index contributed by atoms with van der Waals surface area (Å²) in [4.78, 5) is 11.4. The summed E-state index contributed by atoms with van der Waals surface area (Å²) in [5, 5.41) is 10.6. The summed E-state index contributed by atoms with van der Waals surface area (Å²) >= 11 is 4.64. The highest BCUT2D eigenvalue weighted by atomic mass is 32.1. The monoisotopic (exact) mass is 402 g/mol. The Balaban J connectivity index is 2.06. The number of ether oxygens (including phenoxy) is 3. The Morgan fingerprint density at radius 2 is 1.46 bits per heavy atom. The van der Waals surface area contributed by atoms with Gasteiger partial charge >= 0.3 is 5.97 Å². The highest BCUT2D eigenvalue weighted by molar-refractivity contribution is 7.79. The fourth-order valence-electron chi connectivity index (χ4n) is 2.78. The Bertz CT molecular complexity index is 782. The number of aliphatic hydroxyl groups excluding tert-OH is 1. The average molecular weight is 403 g/mol. The van der Waals surface area contributed by atoms with Gasteiger partial charge in [-0.25, -0.2) is 0 Å². The van der Waals surface area contributed by atoms with Crippen molar-refractivity contribution in [2.75, 3.05) is 0 Å². The summed E-state index contributed by atoms with van der Waals surface area (Å²) in [6, 6.07) is 15.3.